The smallest absolute Gasteiger partial charge is 0.272 e. The summed E-state index contributed by atoms with van der Waals surface area (Å²) in [4.78, 5) is 22.4. The maximum absolute atomic E-state index is 12.3. The number of hydrogen-bond donors (Lipinski definition) is 1. The van der Waals surface area contributed by atoms with Gasteiger partial charge in [0, 0.05) is 25.2 Å². The largest absolute Gasteiger partial charge is 0.367 e. The van der Waals surface area contributed by atoms with Crippen LogP contribution < -0.4 is 5.32 Å². The molecule has 18 heavy (non-hydrogen) atoms. The minimum absolute atomic E-state index is 0.0379. The fourth-order valence-corrected chi connectivity index (χ4v) is 2.25. The molecule has 0 atom stereocenters. The van der Waals surface area contributed by atoms with Gasteiger partial charge in [0.1, 0.15) is 17.8 Å². The van der Waals surface area contributed by atoms with Crippen LogP contribution in [0, 0.1) is 0 Å². The van der Waals surface area contributed by atoms with Crippen LogP contribution in [0.3, 0.4) is 0 Å². The van der Waals surface area contributed by atoms with Crippen LogP contribution in [0.5, 0.6) is 0 Å². The highest BCUT2D eigenvalue weighted by molar-refractivity contribution is 5.92. The molecule has 2 fully saturated rings. The fourth-order valence-electron chi connectivity index (χ4n) is 2.25. The average Bonchev–Trinajstić information content (AvgIpc) is 3.23. The Hall–Kier alpha value is -1.65. The van der Waals surface area contributed by atoms with Gasteiger partial charge in [-0.25, -0.2) is 9.97 Å². The van der Waals surface area contributed by atoms with Gasteiger partial charge >= 0.3 is 0 Å². The quantitative estimate of drug-likeness (QED) is 0.881. The van der Waals surface area contributed by atoms with Crippen LogP contribution in [0.15, 0.2) is 12.4 Å². The van der Waals surface area contributed by atoms with E-state index in [9.17, 15) is 4.79 Å². The zero-order valence-electron chi connectivity index (χ0n) is 10.4. The Morgan fingerprint density at radius 1 is 1.22 bits per heavy atom. The van der Waals surface area contributed by atoms with Crippen LogP contribution in [0.4, 0.5) is 5.82 Å². The first kappa shape index (κ1) is 11.4. The molecule has 1 saturated heterocycles. The van der Waals surface area contributed by atoms with E-state index < -0.39 is 0 Å². The van der Waals surface area contributed by atoms with Crippen molar-refractivity contribution in [3.63, 3.8) is 0 Å². The van der Waals surface area contributed by atoms with Crippen LogP contribution in [0.25, 0.3) is 0 Å². The van der Waals surface area contributed by atoms with E-state index in [2.05, 4.69) is 15.3 Å². The van der Waals surface area contributed by atoms with Crippen LogP contribution in [-0.4, -0.2) is 39.9 Å². The third-order valence-electron chi connectivity index (χ3n) is 3.46. The fraction of sp³-hybridized carbons (Fsp3) is 0.615. The van der Waals surface area contributed by atoms with Crippen LogP contribution >= 0.6 is 0 Å². The summed E-state index contributed by atoms with van der Waals surface area (Å²) in [5, 5.41) is 3.29. The van der Waals surface area contributed by atoms with Crippen molar-refractivity contribution in [2.45, 2.75) is 38.1 Å². The lowest BCUT2D eigenvalue weighted by atomic mass is 10.1. The second-order valence-corrected chi connectivity index (χ2v) is 5.06. The number of hydrogen-bond acceptors (Lipinski definition) is 4. The molecule has 0 aromatic carbocycles. The molecule has 1 aliphatic carbocycles. The normalized spacial score (nSPS) is 19.7. The van der Waals surface area contributed by atoms with E-state index in [1.165, 1.54) is 25.6 Å². The van der Waals surface area contributed by atoms with Gasteiger partial charge in [-0.2, -0.15) is 0 Å². The monoisotopic (exact) mass is 246 g/mol. The SMILES string of the molecule is O=C(c1cc(NC2CC2)ncn1)N1CCCCC1. The molecule has 5 nitrogen and oxygen atoms in total. The van der Waals surface area contributed by atoms with Crippen LogP contribution in [0.2, 0.25) is 0 Å². The van der Waals surface area contributed by atoms with Gasteiger partial charge in [0.25, 0.3) is 5.91 Å². The van der Waals surface area contributed by atoms with Gasteiger partial charge in [-0.1, -0.05) is 0 Å². The van der Waals surface area contributed by atoms with Gasteiger partial charge in [0.15, 0.2) is 0 Å². The average molecular weight is 246 g/mol. The second kappa shape index (κ2) is 4.92. The molecule has 1 amide bonds. The van der Waals surface area contributed by atoms with E-state index in [-0.39, 0.29) is 5.91 Å². The van der Waals surface area contributed by atoms with E-state index >= 15 is 0 Å². The first-order chi connectivity index (χ1) is 8.83. The Labute approximate surface area is 107 Å². The first-order valence-corrected chi connectivity index (χ1v) is 6.71. The number of anilines is 1. The predicted octanol–water partition coefficient (Wildman–Crippen LogP) is 1.68. The third kappa shape index (κ3) is 2.60. The minimum Gasteiger partial charge on any atom is -0.367 e. The summed E-state index contributed by atoms with van der Waals surface area (Å²) >= 11 is 0. The lowest BCUT2D eigenvalue weighted by Gasteiger charge is -2.26. The summed E-state index contributed by atoms with van der Waals surface area (Å²) in [7, 11) is 0. The van der Waals surface area contributed by atoms with Crippen molar-refractivity contribution in [3.05, 3.63) is 18.1 Å². The molecule has 0 unspecified atom stereocenters. The molecule has 96 valence electrons. The number of likely N-dealkylation sites (tertiary alicyclic amines) is 1. The van der Waals surface area contributed by atoms with Gasteiger partial charge in [-0.05, 0) is 32.1 Å². The number of nitrogens with zero attached hydrogens (tertiary/aromatic N) is 3. The van der Waals surface area contributed by atoms with Gasteiger partial charge in [0.05, 0.1) is 0 Å². The van der Waals surface area contributed by atoms with Gasteiger partial charge in [-0.3, -0.25) is 4.79 Å². The Bertz CT molecular complexity index is 438. The highest BCUT2D eigenvalue weighted by atomic mass is 16.2. The van der Waals surface area contributed by atoms with E-state index in [1.807, 2.05) is 4.90 Å². The van der Waals surface area contributed by atoms with Crippen molar-refractivity contribution in [2.75, 3.05) is 18.4 Å². The molecule has 1 saturated carbocycles. The van der Waals surface area contributed by atoms with Crippen molar-refractivity contribution >= 4 is 11.7 Å². The highest BCUT2D eigenvalue weighted by Crippen LogP contribution is 2.23. The minimum atomic E-state index is 0.0379. The van der Waals surface area contributed by atoms with Gasteiger partial charge < -0.3 is 10.2 Å². The number of rotatable bonds is 3. The molecular formula is C13H18N4O. The number of piperidine rings is 1. The van der Waals surface area contributed by atoms with Gasteiger partial charge in [0.2, 0.25) is 0 Å². The Morgan fingerprint density at radius 2 is 2.00 bits per heavy atom. The zero-order valence-corrected chi connectivity index (χ0v) is 10.4. The molecule has 2 heterocycles. The number of carbonyl (C=O) groups excluding carboxylic acids is 1. The van der Waals surface area contributed by atoms with Crippen molar-refractivity contribution in [2.24, 2.45) is 0 Å². The zero-order chi connectivity index (χ0) is 12.4. The van der Waals surface area contributed by atoms with Gasteiger partial charge in [-0.15, -0.1) is 0 Å². The topological polar surface area (TPSA) is 58.1 Å². The van der Waals surface area contributed by atoms with Crippen molar-refractivity contribution in [1.29, 1.82) is 0 Å². The van der Waals surface area contributed by atoms with Crippen LogP contribution in [-0.2, 0) is 0 Å². The molecule has 1 aromatic rings. The molecule has 3 rings (SSSR count). The van der Waals surface area contributed by atoms with Crippen LogP contribution in [0.1, 0.15) is 42.6 Å². The molecular weight excluding hydrogens is 228 g/mol. The lowest BCUT2D eigenvalue weighted by molar-refractivity contribution is 0.0718. The van der Waals surface area contributed by atoms with E-state index in [0.29, 0.717) is 11.7 Å². The summed E-state index contributed by atoms with van der Waals surface area (Å²) in [6, 6.07) is 2.31. The molecule has 0 radical (unpaired) electrons. The summed E-state index contributed by atoms with van der Waals surface area (Å²) < 4.78 is 0. The Kier molecular flexibility index (Phi) is 3.13. The number of nitrogens with one attached hydrogen (secondary N) is 1. The van der Waals surface area contributed by atoms with E-state index in [4.69, 9.17) is 0 Å². The highest BCUT2D eigenvalue weighted by Gasteiger charge is 2.23. The standard InChI is InChI=1S/C13H18N4O/c18-13(17-6-2-1-3-7-17)11-8-12(15-9-14-11)16-10-4-5-10/h8-10H,1-7H2,(H,14,15,16). The summed E-state index contributed by atoms with van der Waals surface area (Å²) in [6.07, 6.45) is 7.29. The maximum Gasteiger partial charge on any atom is 0.272 e. The Morgan fingerprint density at radius 3 is 2.72 bits per heavy atom. The molecule has 0 bridgehead atoms. The van der Waals surface area contributed by atoms with E-state index in [0.717, 1.165) is 31.7 Å². The predicted molar refractivity (Wildman–Crippen MR) is 68.4 cm³/mol. The molecule has 1 aliphatic heterocycles. The molecule has 1 N–H and O–H groups in total. The number of carbonyl (C=O) groups is 1. The van der Waals surface area contributed by atoms with Crippen molar-refractivity contribution in [1.82, 2.24) is 14.9 Å². The Balaban J connectivity index is 1.71. The third-order valence-corrected chi connectivity index (χ3v) is 3.46. The summed E-state index contributed by atoms with van der Waals surface area (Å²) in [5.74, 6) is 0.809. The molecule has 0 spiro atoms. The number of aromatic nitrogens is 2. The van der Waals surface area contributed by atoms with Crippen molar-refractivity contribution in [3.8, 4) is 0 Å². The van der Waals surface area contributed by atoms with E-state index in [1.54, 1.807) is 6.07 Å². The second-order valence-electron chi connectivity index (χ2n) is 5.06. The first-order valence-electron chi connectivity index (χ1n) is 6.71. The number of amides is 1. The maximum atomic E-state index is 12.3. The molecule has 1 aromatic heterocycles. The summed E-state index contributed by atoms with van der Waals surface area (Å²) in [5.41, 5.74) is 0.509. The van der Waals surface area contributed by atoms with Crippen molar-refractivity contribution < 1.29 is 4.79 Å². The summed E-state index contributed by atoms with van der Waals surface area (Å²) in [6.45, 7) is 1.71. The molecule has 2 aliphatic rings. The molecule has 5 heteroatoms. The lowest BCUT2D eigenvalue weighted by Crippen LogP contribution is -2.36.